The molecule has 0 spiro atoms. The number of hydrogen-bond donors (Lipinski definition) is 2. The van der Waals surface area contributed by atoms with E-state index >= 15 is 0 Å². The van der Waals surface area contributed by atoms with Crippen LogP contribution in [-0.4, -0.2) is 48.4 Å². The molecule has 2 fully saturated rings. The predicted molar refractivity (Wildman–Crippen MR) is 83.5 cm³/mol. The van der Waals surface area contributed by atoms with Gasteiger partial charge in [-0.05, 0) is 43.8 Å². The Kier molecular flexibility index (Phi) is 4.95. The van der Waals surface area contributed by atoms with Gasteiger partial charge in [-0.1, -0.05) is 30.3 Å². The average Bonchev–Trinajstić information content (AvgIpc) is 2.90. The SMILES string of the molecule is O=C1OC(c2ccccc2)C(CO)N1CCC1CCNCC1. The third-order valence-electron chi connectivity index (χ3n) is 4.76. The van der Waals surface area contributed by atoms with Crippen molar-refractivity contribution in [2.75, 3.05) is 26.2 Å². The van der Waals surface area contributed by atoms with Crippen LogP contribution in [0.2, 0.25) is 0 Å². The second-order valence-corrected chi connectivity index (χ2v) is 6.14. The molecule has 3 rings (SSSR count). The van der Waals surface area contributed by atoms with Crippen molar-refractivity contribution < 1.29 is 14.6 Å². The third-order valence-corrected chi connectivity index (χ3v) is 4.76. The van der Waals surface area contributed by atoms with Crippen LogP contribution in [-0.2, 0) is 4.74 Å². The molecule has 2 heterocycles. The molecule has 2 N–H and O–H groups in total. The van der Waals surface area contributed by atoms with Crippen LogP contribution in [0.4, 0.5) is 4.79 Å². The normalized spacial score (nSPS) is 26.2. The molecule has 22 heavy (non-hydrogen) atoms. The minimum absolute atomic E-state index is 0.0719. The van der Waals surface area contributed by atoms with Crippen molar-refractivity contribution in [3.05, 3.63) is 35.9 Å². The molecule has 0 bridgehead atoms. The smallest absolute Gasteiger partial charge is 0.410 e. The van der Waals surface area contributed by atoms with Crippen LogP contribution >= 0.6 is 0 Å². The zero-order valence-electron chi connectivity index (χ0n) is 12.8. The number of aliphatic hydroxyl groups is 1. The number of hydrogen-bond acceptors (Lipinski definition) is 4. The standard InChI is InChI=1S/C17H24N2O3/c20-12-15-16(14-4-2-1-3-5-14)22-17(21)19(15)11-8-13-6-9-18-10-7-13/h1-5,13,15-16,18,20H,6-12H2. The number of rotatable bonds is 5. The van der Waals surface area contributed by atoms with Crippen LogP contribution in [0.1, 0.15) is 30.9 Å². The lowest BCUT2D eigenvalue weighted by Gasteiger charge is -2.27. The summed E-state index contributed by atoms with van der Waals surface area (Å²) in [6.07, 6.45) is 2.63. The second-order valence-electron chi connectivity index (χ2n) is 6.14. The van der Waals surface area contributed by atoms with Crippen molar-refractivity contribution in [3.63, 3.8) is 0 Å². The molecule has 5 heteroatoms. The molecular formula is C17H24N2O3. The maximum atomic E-state index is 12.2. The first-order valence-electron chi connectivity index (χ1n) is 8.13. The Morgan fingerprint density at radius 2 is 1.95 bits per heavy atom. The Hall–Kier alpha value is -1.59. The number of carbonyl (C=O) groups excluding carboxylic acids is 1. The van der Waals surface area contributed by atoms with Crippen molar-refractivity contribution in [2.45, 2.75) is 31.4 Å². The summed E-state index contributed by atoms with van der Waals surface area (Å²) in [5, 5.41) is 13.1. The molecule has 2 unspecified atom stereocenters. The molecule has 2 atom stereocenters. The van der Waals surface area contributed by atoms with E-state index in [1.165, 1.54) is 0 Å². The van der Waals surface area contributed by atoms with Crippen LogP contribution in [0.25, 0.3) is 0 Å². The Morgan fingerprint density at radius 3 is 2.64 bits per heavy atom. The summed E-state index contributed by atoms with van der Waals surface area (Å²) < 4.78 is 5.52. The summed E-state index contributed by atoms with van der Waals surface area (Å²) in [5.74, 6) is 0.657. The number of amides is 1. The first-order valence-corrected chi connectivity index (χ1v) is 8.13. The summed E-state index contributed by atoms with van der Waals surface area (Å²) in [7, 11) is 0. The lowest BCUT2D eigenvalue weighted by atomic mass is 9.94. The van der Waals surface area contributed by atoms with Crippen molar-refractivity contribution in [1.82, 2.24) is 10.2 Å². The number of nitrogens with zero attached hydrogens (tertiary/aromatic N) is 1. The topological polar surface area (TPSA) is 61.8 Å². The molecule has 1 amide bonds. The first-order chi connectivity index (χ1) is 10.8. The molecule has 0 aromatic heterocycles. The molecule has 1 aromatic carbocycles. The quantitative estimate of drug-likeness (QED) is 0.872. The van der Waals surface area contributed by atoms with Gasteiger partial charge in [0.15, 0.2) is 6.10 Å². The van der Waals surface area contributed by atoms with E-state index in [4.69, 9.17) is 4.74 Å². The molecular weight excluding hydrogens is 280 g/mol. The highest BCUT2D eigenvalue weighted by Crippen LogP contribution is 2.33. The minimum Gasteiger partial charge on any atom is -0.439 e. The monoisotopic (exact) mass is 304 g/mol. The average molecular weight is 304 g/mol. The van der Waals surface area contributed by atoms with Gasteiger partial charge >= 0.3 is 6.09 Å². The van der Waals surface area contributed by atoms with Gasteiger partial charge < -0.3 is 15.2 Å². The van der Waals surface area contributed by atoms with Crippen molar-refractivity contribution in [1.29, 1.82) is 0 Å². The van der Waals surface area contributed by atoms with Gasteiger partial charge in [-0.3, -0.25) is 4.90 Å². The fourth-order valence-corrected chi connectivity index (χ4v) is 3.43. The Labute approximate surface area is 131 Å². The van der Waals surface area contributed by atoms with E-state index < -0.39 is 0 Å². The summed E-state index contributed by atoms with van der Waals surface area (Å²) in [6.45, 7) is 2.71. The highest BCUT2D eigenvalue weighted by atomic mass is 16.6. The van der Waals surface area contributed by atoms with E-state index in [-0.39, 0.29) is 24.8 Å². The molecule has 0 radical (unpaired) electrons. The highest BCUT2D eigenvalue weighted by molar-refractivity contribution is 5.71. The summed E-state index contributed by atoms with van der Waals surface area (Å²) >= 11 is 0. The largest absolute Gasteiger partial charge is 0.439 e. The van der Waals surface area contributed by atoms with Crippen LogP contribution in [0.5, 0.6) is 0 Å². The van der Waals surface area contributed by atoms with Gasteiger partial charge in [0.05, 0.1) is 12.6 Å². The Bertz CT molecular complexity index is 488. The molecule has 0 aliphatic carbocycles. The van der Waals surface area contributed by atoms with E-state index in [0.717, 1.165) is 37.9 Å². The van der Waals surface area contributed by atoms with E-state index in [9.17, 15) is 9.90 Å². The van der Waals surface area contributed by atoms with Gasteiger partial charge in [0.1, 0.15) is 0 Å². The van der Waals surface area contributed by atoms with Gasteiger partial charge in [0, 0.05) is 6.54 Å². The molecule has 2 aliphatic rings. The molecule has 0 saturated carbocycles. The van der Waals surface area contributed by atoms with Gasteiger partial charge in [-0.15, -0.1) is 0 Å². The zero-order chi connectivity index (χ0) is 15.4. The maximum Gasteiger partial charge on any atom is 0.410 e. The number of piperidine rings is 1. The number of aliphatic hydroxyl groups excluding tert-OH is 1. The molecule has 2 saturated heterocycles. The number of carbonyl (C=O) groups is 1. The Morgan fingerprint density at radius 1 is 1.23 bits per heavy atom. The fourth-order valence-electron chi connectivity index (χ4n) is 3.43. The van der Waals surface area contributed by atoms with E-state index in [2.05, 4.69) is 5.32 Å². The van der Waals surface area contributed by atoms with Crippen molar-refractivity contribution in [3.8, 4) is 0 Å². The van der Waals surface area contributed by atoms with Crippen LogP contribution < -0.4 is 5.32 Å². The van der Waals surface area contributed by atoms with E-state index in [1.807, 2.05) is 30.3 Å². The van der Waals surface area contributed by atoms with E-state index in [0.29, 0.717) is 12.5 Å². The highest BCUT2D eigenvalue weighted by Gasteiger charge is 2.42. The fraction of sp³-hybridized carbons (Fsp3) is 0.588. The van der Waals surface area contributed by atoms with Gasteiger partial charge in [0.2, 0.25) is 0 Å². The molecule has 2 aliphatic heterocycles. The maximum absolute atomic E-state index is 12.2. The van der Waals surface area contributed by atoms with Crippen LogP contribution in [0, 0.1) is 5.92 Å². The first kappa shape index (κ1) is 15.3. The second kappa shape index (κ2) is 7.11. The lowest BCUT2D eigenvalue weighted by molar-refractivity contribution is 0.117. The van der Waals surface area contributed by atoms with Crippen LogP contribution in [0.15, 0.2) is 30.3 Å². The number of ether oxygens (including phenoxy) is 1. The lowest BCUT2D eigenvalue weighted by Crippen LogP contribution is -2.39. The Balaban J connectivity index is 1.64. The molecule has 1 aromatic rings. The molecule has 120 valence electrons. The third kappa shape index (κ3) is 3.25. The van der Waals surface area contributed by atoms with Gasteiger partial charge in [-0.25, -0.2) is 4.79 Å². The number of cyclic esters (lactones) is 1. The van der Waals surface area contributed by atoms with Crippen molar-refractivity contribution >= 4 is 6.09 Å². The predicted octanol–water partition coefficient (Wildman–Crippen LogP) is 1.93. The molecule has 5 nitrogen and oxygen atoms in total. The van der Waals surface area contributed by atoms with Gasteiger partial charge in [0.25, 0.3) is 0 Å². The number of benzene rings is 1. The van der Waals surface area contributed by atoms with Crippen LogP contribution in [0.3, 0.4) is 0 Å². The summed E-state index contributed by atoms with van der Waals surface area (Å²) in [6, 6.07) is 9.39. The van der Waals surface area contributed by atoms with E-state index in [1.54, 1.807) is 4.90 Å². The number of nitrogens with one attached hydrogen (secondary N) is 1. The van der Waals surface area contributed by atoms with Gasteiger partial charge in [-0.2, -0.15) is 0 Å². The van der Waals surface area contributed by atoms with Crippen molar-refractivity contribution in [2.24, 2.45) is 5.92 Å². The summed E-state index contributed by atoms with van der Waals surface area (Å²) in [5.41, 5.74) is 0.944. The summed E-state index contributed by atoms with van der Waals surface area (Å²) in [4.78, 5) is 13.9. The minimum atomic E-state index is -0.369. The zero-order valence-corrected chi connectivity index (χ0v) is 12.8.